The summed E-state index contributed by atoms with van der Waals surface area (Å²) in [6.45, 7) is 2.57. The molecule has 0 fully saturated rings. The SMILES string of the molecule is CCOC1=[N+](C)C(=O)CC1.[F][Sb-]([F])([F])([F])([F])[F]. The van der Waals surface area contributed by atoms with Crippen molar-refractivity contribution in [3.63, 3.8) is 0 Å². The van der Waals surface area contributed by atoms with Gasteiger partial charge in [-0.15, -0.1) is 4.58 Å². The van der Waals surface area contributed by atoms with E-state index in [1.807, 2.05) is 6.92 Å². The first-order valence-corrected chi connectivity index (χ1v) is 10.3. The standard InChI is InChI=1S/C7H12NO2.6FH.Sb/c1-3-10-7-5-4-6(9)8(7)2;;;;;;;/h3-5H2,1-2H3;6*1H;/q+1;;;;;;;+5/p-6. The third kappa shape index (κ3) is 11.8. The van der Waals surface area contributed by atoms with E-state index in [4.69, 9.17) is 4.74 Å². The first kappa shape index (κ1) is 16.5. The van der Waals surface area contributed by atoms with Crippen molar-refractivity contribution in [3.05, 3.63) is 0 Å². The summed E-state index contributed by atoms with van der Waals surface area (Å²) in [6, 6.07) is 0. The molecule has 0 aliphatic carbocycles. The second kappa shape index (κ2) is 4.33. The predicted molar refractivity (Wildman–Crippen MR) is 49.5 cm³/mol. The first-order valence-electron chi connectivity index (χ1n) is 4.52. The Morgan fingerprint density at radius 2 is 1.59 bits per heavy atom. The van der Waals surface area contributed by atoms with E-state index in [2.05, 4.69) is 0 Å². The Hall–Kier alpha value is -0.462. The zero-order valence-corrected chi connectivity index (χ0v) is 11.7. The number of hydrogen-bond acceptors (Lipinski definition) is 2. The second-order valence-electron chi connectivity index (χ2n) is 3.24. The summed E-state index contributed by atoms with van der Waals surface area (Å²) in [5.41, 5.74) is 0. The van der Waals surface area contributed by atoms with Crippen LogP contribution in [0, 0.1) is 0 Å². The molecule has 0 unspecified atom stereocenters. The van der Waals surface area contributed by atoms with Gasteiger partial charge in [0, 0.05) is 0 Å². The quantitative estimate of drug-likeness (QED) is 0.399. The summed E-state index contributed by atoms with van der Waals surface area (Å²) in [4.78, 5) is 10.9. The van der Waals surface area contributed by atoms with Crippen LogP contribution in [-0.2, 0) is 9.53 Å². The van der Waals surface area contributed by atoms with Crippen LogP contribution in [0.25, 0.3) is 0 Å². The third-order valence-corrected chi connectivity index (χ3v) is 1.61. The number of rotatable bonds is 1. The van der Waals surface area contributed by atoms with E-state index in [-0.39, 0.29) is 5.91 Å². The molecule has 1 amide bonds. The molecule has 1 rings (SSSR count). The predicted octanol–water partition coefficient (Wildman–Crippen LogP) is 2.52. The molecule has 0 N–H and O–H groups in total. The van der Waals surface area contributed by atoms with Crippen molar-refractivity contribution in [3.8, 4) is 0 Å². The van der Waals surface area contributed by atoms with Gasteiger partial charge in [0.2, 0.25) is 0 Å². The number of nitrogens with zero attached hydrogens (tertiary/aromatic N) is 1. The summed E-state index contributed by atoms with van der Waals surface area (Å²) in [6.07, 6.45) is 1.37. The molecule has 0 aromatic carbocycles. The van der Waals surface area contributed by atoms with Crippen LogP contribution in [0.4, 0.5) is 16.9 Å². The molecule has 1 aliphatic heterocycles. The van der Waals surface area contributed by atoms with Gasteiger partial charge >= 0.3 is 48.2 Å². The van der Waals surface area contributed by atoms with Crippen LogP contribution in [0.3, 0.4) is 0 Å². The number of carbonyl (C=O) groups excluding carboxylic acids is 1. The summed E-state index contributed by atoms with van der Waals surface area (Å²) >= 11 is -11.2. The average molecular weight is 378 g/mol. The molecule has 104 valence electrons. The maximum absolute atomic E-state index is 11.2. The zero-order chi connectivity index (χ0) is 14.0. The fourth-order valence-corrected chi connectivity index (χ4v) is 1.02. The molecular weight excluding hydrogens is 366 g/mol. The van der Waals surface area contributed by atoms with E-state index in [0.29, 0.717) is 13.0 Å². The van der Waals surface area contributed by atoms with Crippen LogP contribution in [0.1, 0.15) is 19.8 Å². The van der Waals surface area contributed by atoms with Gasteiger partial charge in [0.15, 0.2) is 0 Å². The summed E-state index contributed by atoms with van der Waals surface area (Å²) < 4.78 is 66.3. The van der Waals surface area contributed by atoms with Crippen LogP contribution < -0.4 is 0 Å². The maximum atomic E-state index is 10.9. The van der Waals surface area contributed by atoms with Crippen molar-refractivity contribution in [2.45, 2.75) is 19.8 Å². The molecular formula is C7H12F6NO2Sb. The van der Waals surface area contributed by atoms with E-state index in [1.54, 1.807) is 11.6 Å². The van der Waals surface area contributed by atoms with Gasteiger partial charge in [-0.3, -0.25) is 0 Å². The monoisotopic (exact) mass is 377 g/mol. The van der Waals surface area contributed by atoms with E-state index >= 15 is 0 Å². The Bertz CT molecular complexity index is 334. The molecule has 10 heteroatoms. The number of carbonyl (C=O) groups is 1. The van der Waals surface area contributed by atoms with Gasteiger partial charge in [-0.2, -0.15) is 0 Å². The van der Waals surface area contributed by atoms with E-state index < -0.39 is 19.5 Å². The minimum absolute atomic E-state index is 0.156. The molecule has 0 aromatic heterocycles. The van der Waals surface area contributed by atoms with Gasteiger partial charge in [0.05, 0.1) is 19.4 Å². The average Bonchev–Trinajstić information content (AvgIpc) is 2.31. The minimum atomic E-state index is -11.2. The third-order valence-electron chi connectivity index (χ3n) is 1.61. The number of hydrogen-bond donors (Lipinski definition) is 0. The topological polar surface area (TPSA) is 29.3 Å². The van der Waals surface area contributed by atoms with Crippen LogP contribution in [0.5, 0.6) is 0 Å². The zero-order valence-electron chi connectivity index (χ0n) is 9.10. The molecule has 0 saturated heterocycles. The van der Waals surface area contributed by atoms with Crippen molar-refractivity contribution in [1.29, 1.82) is 0 Å². The summed E-state index contributed by atoms with van der Waals surface area (Å²) in [5, 5.41) is 0. The van der Waals surface area contributed by atoms with Crippen molar-refractivity contribution < 1.29 is 31.0 Å². The number of ether oxygens (including phenoxy) is 1. The van der Waals surface area contributed by atoms with Crippen LogP contribution in [0.2, 0.25) is 0 Å². The van der Waals surface area contributed by atoms with Gasteiger partial charge in [-0.25, -0.2) is 4.79 Å². The van der Waals surface area contributed by atoms with Crippen LogP contribution in [0.15, 0.2) is 0 Å². The second-order valence-corrected chi connectivity index (χ2v) is 8.71. The molecule has 17 heavy (non-hydrogen) atoms. The molecule has 0 atom stereocenters. The Balaban J connectivity index is 0.000000325. The van der Waals surface area contributed by atoms with Crippen LogP contribution >= 0.6 is 0 Å². The Kier molecular flexibility index (Phi) is 4.21. The van der Waals surface area contributed by atoms with Gasteiger partial charge in [-0.1, -0.05) is 0 Å². The molecule has 0 aromatic rings. The van der Waals surface area contributed by atoms with Gasteiger partial charge < -0.3 is 4.74 Å². The van der Waals surface area contributed by atoms with Crippen molar-refractivity contribution >= 4 is 31.3 Å². The molecule has 0 bridgehead atoms. The van der Waals surface area contributed by atoms with Crippen molar-refractivity contribution in [1.82, 2.24) is 0 Å². The van der Waals surface area contributed by atoms with E-state index in [0.717, 1.165) is 12.3 Å². The Morgan fingerprint density at radius 1 is 1.18 bits per heavy atom. The molecule has 3 nitrogen and oxygen atoms in total. The van der Waals surface area contributed by atoms with Crippen molar-refractivity contribution in [2.75, 3.05) is 13.7 Å². The van der Waals surface area contributed by atoms with Crippen molar-refractivity contribution in [2.24, 2.45) is 0 Å². The fourth-order valence-electron chi connectivity index (χ4n) is 1.02. The normalized spacial score (nSPS) is 20.4. The molecule has 0 radical (unpaired) electrons. The molecule has 1 aliphatic rings. The Labute approximate surface area is 95.9 Å². The van der Waals surface area contributed by atoms with E-state index in [1.165, 1.54) is 0 Å². The van der Waals surface area contributed by atoms with E-state index in [9.17, 15) is 21.7 Å². The number of halogens is 6. The molecule has 1 heterocycles. The number of amides is 1. The molecule has 0 spiro atoms. The fraction of sp³-hybridized carbons (Fsp3) is 0.714. The van der Waals surface area contributed by atoms with Gasteiger partial charge in [0.1, 0.15) is 7.05 Å². The summed E-state index contributed by atoms with van der Waals surface area (Å²) in [7, 11) is 1.75. The molecule has 0 saturated carbocycles. The van der Waals surface area contributed by atoms with Crippen LogP contribution in [-0.4, -0.2) is 49.5 Å². The first-order chi connectivity index (χ1) is 7.20. The van der Waals surface area contributed by atoms with Gasteiger partial charge in [-0.05, 0) is 6.92 Å². The van der Waals surface area contributed by atoms with Gasteiger partial charge in [0.25, 0.3) is 0 Å². The summed E-state index contributed by atoms with van der Waals surface area (Å²) in [5.74, 6) is 0.968. The Morgan fingerprint density at radius 3 is 1.82 bits per heavy atom.